The summed E-state index contributed by atoms with van der Waals surface area (Å²) in [5.74, 6) is 0.0369. The topological polar surface area (TPSA) is 20.3 Å². The second-order valence-corrected chi connectivity index (χ2v) is 2.51. The van der Waals surface area contributed by atoms with Gasteiger partial charge in [0.15, 0.2) is 0 Å². The first-order valence-corrected chi connectivity index (χ1v) is 3.44. The Labute approximate surface area is 66.5 Å². The highest BCUT2D eigenvalue weighted by Crippen LogP contribution is 2.18. The van der Waals surface area contributed by atoms with Gasteiger partial charge in [0, 0.05) is 19.2 Å². The van der Waals surface area contributed by atoms with Crippen LogP contribution in [0.3, 0.4) is 0 Å². The summed E-state index contributed by atoms with van der Waals surface area (Å²) in [5, 5.41) is 0. The molecule has 1 heterocycles. The van der Waals surface area contributed by atoms with Crippen LogP contribution >= 0.6 is 0 Å². The maximum Gasteiger partial charge on any atom is 0.254 e. The molecule has 1 aliphatic rings. The van der Waals surface area contributed by atoms with Gasteiger partial charge in [-0.2, -0.15) is 0 Å². The number of carbonyl (C=O) groups excluding carboxylic acids is 1. The van der Waals surface area contributed by atoms with Crippen LogP contribution in [0, 0.1) is 0 Å². The van der Waals surface area contributed by atoms with Crippen molar-refractivity contribution in [1.82, 2.24) is 4.90 Å². The van der Waals surface area contributed by atoms with Crippen LogP contribution < -0.4 is 0 Å². The van der Waals surface area contributed by atoms with Gasteiger partial charge < -0.3 is 4.90 Å². The summed E-state index contributed by atoms with van der Waals surface area (Å²) in [7, 11) is 1.77. The minimum atomic E-state index is 0.0369. The number of carbonyl (C=O) groups is 1. The highest BCUT2D eigenvalue weighted by atomic mass is 16.2. The molecule has 1 aliphatic heterocycles. The Balaban J connectivity index is 3.04. The largest absolute Gasteiger partial charge is 0.337 e. The minimum Gasteiger partial charge on any atom is -0.337 e. The first kappa shape index (κ1) is 7.79. The van der Waals surface area contributed by atoms with Gasteiger partial charge in [0.25, 0.3) is 5.91 Å². The van der Waals surface area contributed by atoms with E-state index >= 15 is 0 Å². The number of hydrogen-bond donors (Lipinski definition) is 0. The molecule has 0 bridgehead atoms. The smallest absolute Gasteiger partial charge is 0.254 e. The Bertz CT molecular complexity index is 250. The summed E-state index contributed by atoms with van der Waals surface area (Å²) < 4.78 is 0. The van der Waals surface area contributed by atoms with Crippen molar-refractivity contribution in [3.8, 4) is 0 Å². The average molecular weight is 149 g/mol. The van der Waals surface area contributed by atoms with E-state index in [0.717, 1.165) is 5.57 Å². The molecule has 0 saturated heterocycles. The van der Waals surface area contributed by atoms with Crippen LogP contribution in [0.1, 0.15) is 0 Å². The molecule has 0 atom stereocenters. The third kappa shape index (κ3) is 1.11. The van der Waals surface area contributed by atoms with Gasteiger partial charge in [-0.3, -0.25) is 4.79 Å². The first-order valence-electron chi connectivity index (χ1n) is 3.44. The lowest BCUT2D eigenvalue weighted by atomic mass is 10.1. The zero-order valence-corrected chi connectivity index (χ0v) is 6.63. The second kappa shape index (κ2) is 2.74. The van der Waals surface area contributed by atoms with E-state index in [9.17, 15) is 4.79 Å². The molecule has 0 aromatic carbocycles. The van der Waals surface area contributed by atoms with Crippen molar-refractivity contribution in [2.75, 3.05) is 13.6 Å². The van der Waals surface area contributed by atoms with Gasteiger partial charge in [0.05, 0.1) is 0 Å². The number of likely N-dealkylation sites (N-methyl/N-ethyl adjacent to an activating group) is 1. The van der Waals surface area contributed by atoms with Crippen LogP contribution in [-0.4, -0.2) is 24.4 Å². The van der Waals surface area contributed by atoms with Gasteiger partial charge in [0.1, 0.15) is 0 Å². The molecule has 2 heteroatoms. The van der Waals surface area contributed by atoms with Crippen LogP contribution in [0.15, 0.2) is 36.5 Å². The molecule has 0 aliphatic carbocycles. The lowest BCUT2D eigenvalue weighted by molar-refractivity contribution is -0.124. The Morgan fingerprint density at radius 3 is 2.45 bits per heavy atom. The van der Waals surface area contributed by atoms with Crippen LogP contribution in [0.5, 0.6) is 0 Å². The standard InChI is InChI=1S/C9H11NO/c1-4-7-6-10(3)9(11)8(7)5-2/h4-5H,1-2,6H2,3H3. The quantitative estimate of drug-likeness (QED) is 0.576. The second-order valence-electron chi connectivity index (χ2n) is 2.51. The van der Waals surface area contributed by atoms with Crippen molar-refractivity contribution in [3.05, 3.63) is 36.5 Å². The maximum atomic E-state index is 11.3. The molecule has 1 amide bonds. The van der Waals surface area contributed by atoms with E-state index in [-0.39, 0.29) is 5.91 Å². The molecule has 0 unspecified atom stereocenters. The molecule has 0 fully saturated rings. The monoisotopic (exact) mass is 149 g/mol. The van der Waals surface area contributed by atoms with Gasteiger partial charge in [-0.1, -0.05) is 25.3 Å². The third-order valence-electron chi connectivity index (χ3n) is 1.78. The van der Waals surface area contributed by atoms with E-state index in [1.54, 1.807) is 24.1 Å². The molecule has 58 valence electrons. The van der Waals surface area contributed by atoms with Crippen LogP contribution in [0.4, 0.5) is 0 Å². The minimum absolute atomic E-state index is 0.0369. The Morgan fingerprint density at radius 1 is 1.45 bits per heavy atom. The van der Waals surface area contributed by atoms with Crippen molar-refractivity contribution in [1.29, 1.82) is 0 Å². The lowest BCUT2D eigenvalue weighted by Crippen LogP contribution is -2.21. The molecular weight excluding hydrogens is 138 g/mol. The summed E-state index contributed by atoms with van der Waals surface area (Å²) in [6.07, 6.45) is 3.29. The molecule has 0 spiro atoms. The molecular formula is C9H11NO. The fraction of sp³-hybridized carbons (Fsp3) is 0.222. The van der Waals surface area contributed by atoms with Crippen molar-refractivity contribution in [3.63, 3.8) is 0 Å². The van der Waals surface area contributed by atoms with Crippen molar-refractivity contribution in [2.45, 2.75) is 0 Å². The van der Waals surface area contributed by atoms with E-state index in [1.807, 2.05) is 0 Å². The molecule has 1 rings (SSSR count). The van der Waals surface area contributed by atoms with Crippen LogP contribution in [-0.2, 0) is 4.79 Å². The van der Waals surface area contributed by atoms with Crippen molar-refractivity contribution >= 4 is 5.91 Å². The lowest BCUT2D eigenvalue weighted by Gasteiger charge is -2.06. The van der Waals surface area contributed by atoms with Crippen LogP contribution in [0.25, 0.3) is 0 Å². The van der Waals surface area contributed by atoms with Gasteiger partial charge in [-0.25, -0.2) is 0 Å². The molecule has 0 aromatic heterocycles. The molecule has 0 N–H and O–H groups in total. The predicted octanol–water partition coefficient (Wildman–Crippen LogP) is 1.13. The van der Waals surface area contributed by atoms with E-state index in [2.05, 4.69) is 13.2 Å². The molecule has 11 heavy (non-hydrogen) atoms. The molecule has 2 nitrogen and oxygen atoms in total. The fourth-order valence-electron chi connectivity index (χ4n) is 1.15. The number of nitrogens with zero attached hydrogens (tertiary/aromatic N) is 1. The first-order chi connectivity index (χ1) is 5.20. The normalized spacial score (nSPS) is 17.5. The summed E-state index contributed by atoms with van der Waals surface area (Å²) in [6, 6.07) is 0. The van der Waals surface area contributed by atoms with Crippen molar-refractivity contribution < 1.29 is 4.79 Å². The summed E-state index contributed by atoms with van der Waals surface area (Å²) >= 11 is 0. The van der Waals surface area contributed by atoms with Gasteiger partial charge in [-0.05, 0) is 5.57 Å². The molecule has 0 aromatic rings. The highest BCUT2D eigenvalue weighted by Gasteiger charge is 2.22. The predicted molar refractivity (Wildman–Crippen MR) is 45.1 cm³/mol. The molecule has 0 saturated carbocycles. The SMILES string of the molecule is C=CC1=C(C=C)C(=O)N(C)C1. The van der Waals surface area contributed by atoms with E-state index in [0.29, 0.717) is 12.1 Å². The van der Waals surface area contributed by atoms with Crippen LogP contribution in [0.2, 0.25) is 0 Å². The van der Waals surface area contributed by atoms with Gasteiger partial charge in [0.2, 0.25) is 0 Å². The number of amides is 1. The van der Waals surface area contributed by atoms with E-state index in [1.165, 1.54) is 0 Å². The summed E-state index contributed by atoms with van der Waals surface area (Å²) in [5.41, 5.74) is 1.65. The number of hydrogen-bond acceptors (Lipinski definition) is 1. The highest BCUT2D eigenvalue weighted by molar-refractivity contribution is 6.00. The summed E-state index contributed by atoms with van der Waals surface area (Å²) in [4.78, 5) is 12.9. The fourth-order valence-corrected chi connectivity index (χ4v) is 1.15. The van der Waals surface area contributed by atoms with Gasteiger partial charge in [-0.15, -0.1) is 0 Å². The zero-order chi connectivity index (χ0) is 8.43. The van der Waals surface area contributed by atoms with Crippen molar-refractivity contribution in [2.24, 2.45) is 0 Å². The number of rotatable bonds is 2. The van der Waals surface area contributed by atoms with E-state index in [4.69, 9.17) is 0 Å². The summed E-state index contributed by atoms with van der Waals surface area (Å²) in [6.45, 7) is 7.85. The third-order valence-corrected chi connectivity index (χ3v) is 1.78. The Hall–Kier alpha value is -1.31. The Kier molecular flexibility index (Phi) is 1.94. The zero-order valence-electron chi connectivity index (χ0n) is 6.63. The maximum absolute atomic E-state index is 11.3. The van der Waals surface area contributed by atoms with E-state index < -0.39 is 0 Å². The van der Waals surface area contributed by atoms with Gasteiger partial charge >= 0.3 is 0 Å². The Morgan fingerprint density at radius 2 is 2.09 bits per heavy atom. The average Bonchev–Trinajstić information content (AvgIpc) is 2.28. The molecule has 0 radical (unpaired) electrons.